The maximum absolute atomic E-state index is 12.6. The molecule has 0 spiro atoms. The maximum Gasteiger partial charge on any atom is 0.165 e. The van der Waals surface area contributed by atoms with Crippen LogP contribution < -0.4 is 0 Å². The summed E-state index contributed by atoms with van der Waals surface area (Å²) < 4.78 is 0. The average Bonchev–Trinajstić information content (AvgIpc) is 2.96. The summed E-state index contributed by atoms with van der Waals surface area (Å²) in [5.74, 6) is 0.231. The standard InChI is InChI=1S/C20H17ClN2O/c21-16-12-22-10-9-14(16)20-15(11-13-5-2-1-3-6-13)19-17(23-20)7-4-8-18(19)24/h1-3,5-6,9-10,12,23H,4,7-8,11H2. The first kappa shape index (κ1) is 15.2. The van der Waals surface area contributed by atoms with Crippen molar-refractivity contribution in [3.05, 3.63) is 76.2 Å². The highest BCUT2D eigenvalue weighted by molar-refractivity contribution is 6.33. The molecule has 1 aromatic carbocycles. The minimum atomic E-state index is 0.231. The number of benzene rings is 1. The smallest absolute Gasteiger partial charge is 0.165 e. The van der Waals surface area contributed by atoms with Gasteiger partial charge in [-0.3, -0.25) is 9.78 Å². The number of carbonyl (C=O) groups excluding carboxylic acids is 1. The lowest BCUT2D eigenvalue weighted by atomic mass is 9.90. The van der Waals surface area contributed by atoms with Gasteiger partial charge in [0.05, 0.1) is 10.7 Å². The van der Waals surface area contributed by atoms with Gasteiger partial charge in [0, 0.05) is 42.1 Å². The van der Waals surface area contributed by atoms with Crippen LogP contribution in [0.5, 0.6) is 0 Å². The van der Waals surface area contributed by atoms with Gasteiger partial charge < -0.3 is 4.98 Å². The van der Waals surface area contributed by atoms with Gasteiger partial charge in [-0.15, -0.1) is 0 Å². The van der Waals surface area contributed by atoms with E-state index in [2.05, 4.69) is 22.1 Å². The van der Waals surface area contributed by atoms with E-state index >= 15 is 0 Å². The molecule has 0 bridgehead atoms. The van der Waals surface area contributed by atoms with Crippen LogP contribution in [0.2, 0.25) is 5.02 Å². The van der Waals surface area contributed by atoms with Crippen molar-refractivity contribution in [3.63, 3.8) is 0 Å². The minimum Gasteiger partial charge on any atom is -0.358 e. The Balaban J connectivity index is 1.90. The second-order valence-corrected chi connectivity index (χ2v) is 6.53. The van der Waals surface area contributed by atoms with Crippen LogP contribution in [0.4, 0.5) is 0 Å². The molecule has 2 aromatic heterocycles. The number of Topliss-reactive ketones (excluding diaryl/α,β-unsaturated/α-hetero) is 1. The minimum absolute atomic E-state index is 0.231. The van der Waals surface area contributed by atoms with E-state index in [1.165, 1.54) is 5.56 Å². The quantitative estimate of drug-likeness (QED) is 0.743. The Kier molecular flexibility index (Phi) is 3.95. The number of nitrogens with one attached hydrogen (secondary N) is 1. The molecule has 0 fully saturated rings. The summed E-state index contributed by atoms with van der Waals surface area (Å²) in [7, 11) is 0. The van der Waals surface area contributed by atoms with Crippen molar-refractivity contribution in [1.82, 2.24) is 9.97 Å². The highest BCUT2D eigenvalue weighted by atomic mass is 35.5. The zero-order chi connectivity index (χ0) is 16.5. The van der Waals surface area contributed by atoms with Crippen molar-refractivity contribution >= 4 is 17.4 Å². The number of carbonyl (C=O) groups is 1. The number of rotatable bonds is 3. The normalized spacial score (nSPS) is 13.8. The number of H-pyrrole nitrogens is 1. The molecule has 2 heterocycles. The lowest BCUT2D eigenvalue weighted by molar-refractivity contribution is 0.0971. The van der Waals surface area contributed by atoms with Crippen molar-refractivity contribution in [2.75, 3.05) is 0 Å². The third-order valence-corrected chi connectivity index (χ3v) is 4.86. The molecule has 0 atom stereocenters. The Bertz CT molecular complexity index is 899. The van der Waals surface area contributed by atoms with Crippen LogP contribution in [-0.2, 0) is 12.8 Å². The Morgan fingerprint density at radius 2 is 1.96 bits per heavy atom. The van der Waals surface area contributed by atoms with Gasteiger partial charge >= 0.3 is 0 Å². The van der Waals surface area contributed by atoms with E-state index in [9.17, 15) is 4.79 Å². The zero-order valence-electron chi connectivity index (χ0n) is 13.2. The highest BCUT2D eigenvalue weighted by Crippen LogP contribution is 2.36. The average molecular weight is 337 g/mol. The second-order valence-electron chi connectivity index (χ2n) is 6.13. The van der Waals surface area contributed by atoms with Gasteiger partial charge in [0.25, 0.3) is 0 Å². The molecule has 120 valence electrons. The van der Waals surface area contributed by atoms with Crippen LogP contribution in [0.25, 0.3) is 11.3 Å². The third-order valence-electron chi connectivity index (χ3n) is 4.56. The number of ketones is 1. The molecular formula is C20H17ClN2O. The summed E-state index contributed by atoms with van der Waals surface area (Å²) in [6.45, 7) is 0. The lowest BCUT2D eigenvalue weighted by Gasteiger charge is -2.12. The van der Waals surface area contributed by atoms with E-state index in [0.29, 0.717) is 17.9 Å². The van der Waals surface area contributed by atoms with Gasteiger partial charge in [0.15, 0.2) is 5.78 Å². The number of aromatic amines is 1. The van der Waals surface area contributed by atoms with Gasteiger partial charge in [-0.05, 0) is 30.0 Å². The zero-order valence-corrected chi connectivity index (χ0v) is 13.9. The summed E-state index contributed by atoms with van der Waals surface area (Å²) in [4.78, 5) is 20.1. The molecule has 4 heteroatoms. The molecule has 0 unspecified atom stereocenters. The number of nitrogens with zero attached hydrogens (tertiary/aromatic N) is 1. The Morgan fingerprint density at radius 1 is 1.12 bits per heavy atom. The molecule has 1 aliphatic carbocycles. The first-order valence-corrected chi connectivity index (χ1v) is 8.52. The van der Waals surface area contributed by atoms with Gasteiger partial charge in [-0.1, -0.05) is 41.9 Å². The lowest BCUT2D eigenvalue weighted by Crippen LogP contribution is -2.11. The largest absolute Gasteiger partial charge is 0.358 e. The number of aromatic nitrogens is 2. The molecular weight excluding hydrogens is 320 g/mol. The fourth-order valence-electron chi connectivity index (χ4n) is 3.46. The monoisotopic (exact) mass is 336 g/mol. The summed E-state index contributed by atoms with van der Waals surface area (Å²) >= 11 is 6.37. The van der Waals surface area contributed by atoms with Crippen LogP contribution >= 0.6 is 11.6 Å². The molecule has 3 nitrogen and oxygen atoms in total. The van der Waals surface area contributed by atoms with Gasteiger partial charge in [-0.2, -0.15) is 0 Å². The molecule has 0 radical (unpaired) electrons. The molecule has 1 aliphatic rings. The van der Waals surface area contributed by atoms with Crippen molar-refractivity contribution < 1.29 is 4.79 Å². The van der Waals surface area contributed by atoms with Crippen molar-refractivity contribution in [2.24, 2.45) is 0 Å². The van der Waals surface area contributed by atoms with E-state index < -0.39 is 0 Å². The Hall–Kier alpha value is -2.39. The van der Waals surface area contributed by atoms with Crippen LogP contribution in [-0.4, -0.2) is 15.8 Å². The highest BCUT2D eigenvalue weighted by Gasteiger charge is 2.27. The fraction of sp³-hybridized carbons (Fsp3) is 0.200. The number of fused-ring (bicyclic) bond motifs is 1. The number of pyridine rings is 1. The number of aryl methyl sites for hydroxylation is 1. The van der Waals surface area contributed by atoms with Crippen molar-refractivity contribution in [1.29, 1.82) is 0 Å². The SMILES string of the molecule is O=C1CCCc2[nH]c(-c3ccncc3Cl)c(Cc3ccccc3)c21. The summed E-state index contributed by atoms with van der Waals surface area (Å²) in [6.07, 6.45) is 6.52. The third kappa shape index (κ3) is 2.65. The van der Waals surface area contributed by atoms with E-state index in [4.69, 9.17) is 11.6 Å². The molecule has 0 saturated heterocycles. The number of halogens is 1. The molecule has 3 aromatic rings. The predicted molar refractivity (Wildman–Crippen MR) is 95.6 cm³/mol. The first-order valence-electron chi connectivity index (χ1n) is 8.15. The molecule has 0 amide bonds. The Morgan fingerprint density at radius 3 is 2.75 bits per heavy atom. The summed E-state index contributed by atoms with van der Waals surface area (Å²) in [5.41, 5.74) is 6.00. The fourth-order valence-corrected chi connectivity index (χ4v) is 3.67. The summed E-state index contributed by atoms with van der Waals surface area (Å²) in [6, 6.07) is 12.1. The van der Waals surface area contributed by atoms with Crippen LogP contribution in [0.15, 0.2) is 48.8 Å². The van der Waals surface area contributed by atoms with Gasteiger partial charge in [0.1, 0.15) is 0 Å². The van der Waals surface area contributed by atoms with E-state index in [1.807, 2.05) is 24.3 Å². The van der Waals surface area contributed by atoms with E-state index in [-0.39, 0.29) is 5.78 Å². The predicted octanol–water partition coefficient (Wildman–Crippen LogP) is 4.84. The second kappa shape index (κ2) is 6.25. The number of hydrogen-bond donors (Lipinski definition) is 1. The molecule has 24 heavy (non-hydrogen) atoms. The Labute approximate surface area is 145 Å². The molecule has 1 N–H and O–H groups in total. The van der Waals surface area contributed by atoms with E-state index in [0.717, 1.165) is 40.9 Å². The van der Waals surface area contributed by atoms with Gasteiger partial charge in [-0.25, -0.2) is 0 Å². The molecule has 4 rings (SSSR count). The van der Waals surface area contributed by atoms with Crippen LogP contribution in [0, 0.1) is 0 Å². The summed E-state index contributed by atoms with van der Waals surface area (Å²) in [5, 5.41) is 0.595. The van der Waals surface area contributed by atoms with Crippen molar-refractivity contribution in [3.8, 4) is 11.3 Å². The van der Waals surface area contributed by atoms with E-state index in [1.54, 1.807) is 12.4 Å². The first-order chi connectivity index (χ1) is 11.7. The molecule has 0 saturated carbocycles. The maximum atomic E-state index is 12.6. The van der Waals surface area contributed by atoms with Crippen molar-refractivity contribution in [2.45, 2.75) is 25.7 Å². The number of hydrogen-bond acceptors (Lipinski definition) is 2. The van der Waals surface area contributed by atoms with Crippen LogP contribution in [0.1, 0.15) is 40.0 Å². The van der Waals surface area contributed by atoms with Crippen LogP contribution in [0.3, 0.4) is 0 Å². The topological polar surface area (TPSA) is 45.8 Å². The van der Waals surface area contributed by atoms with Gasteiger partial charge in [0.2, 0.25) is 0 Å². The molecule has 0 aliphatic heterocycles.